The molecule has 0 bridgehead atoms. The molecule has 0 saturated heterocycles. The minimum Gasteiger partial charge on any atom is -0.480 e. The van der Waals surface area contributed by atoms with Crippen LogP contribution >= 0.6 is 0 Å². The molecule has 0 unspecified atom stereocenters. The van der Waals surface area contributed by atoms with E-state index < -0.39 is 30.0 Å². The van der Waals surface area contributed by atoms with Crippen molar-refractivity contribution in [3.05, 3.63) is 64.0 Å². The van der Waals surface area contributed by atoms with Crippen LogP contribution in [0.25, 0.3) is 21.9 Å². The number of nitrogens with two attached hydrogens (primary N) is 1. The summed E-state index contributed by atoms with van der Waals surface area (Å²) in [5.41, 5.74) is 6.60. The van der Waals surface area contributed by atoms with Gasteiger partial charge in [0.25, 0.3) is 11.9 Å². The Kier molecular flexibility index (Phi) is 4.91. The van der Waals surface area contributed by atoms with Gasteiger partial charge in [0.05, 0.1) is 5.39 Å². The van der Waals surface area contributed by atoms with Crippen LogP contribution < -0.4 is 16.7 Å². The van der Waals surface area contributed by atoms with Gasteiger partial charge in [0.15, 0.2) is 0 Å². The molecule has 0 fully saturated rings. The highest BCUT2D eigenvalue weighted by Crippen LogP contribution is 2.33. The third kappa shape index (κ3) is 3.51. The predicted molar refractivity (Wildman–Crippen MR) is 97.4 cm³/mol. The van der Waals surface area contributed by atoms with Crippen LogP contribution in [0.15, 0.2) is 51.7 Å². The van der Waals surface area contributed by atoms with E-state index in [2.05, 4.69) is 5.32 Å². The Labute approximate surface area is 152 Å². The van der Waals surface area contributed by atoms with E-state index in [-0.39, 0.29) is 16.3 Å². The van der Waals surface area contributed by atoms with Crippen molar-refractivity contribution in [1.29, 1.82) is 0 Å². The van der Waals surface area contributed by atoms with E-state index in [1.807, 2.05) is 12.1 Å². The predicted octanol–water partition coefficient (Wildman–Crippen LogP) is 1.44. The maximum absolute atomic E-state index is 12.5. The SMILES string of the molecule is NCc1ccc(-c2cccc3c(=O)oc(O)c(C(=O)NCC(=O)O)c23)cc1. The summed E-state index contributed by atoms with van der Waals surface area (Å²) in [6, 6.07) is 12.0. The number of carboxylic acids is 1. The summed E-state index contributed by atoms with van der Waals surface area (Å²) in [5, 5.41) is 21.3. The molecule has 27 heavy (non-hydrogen) atoms. The Morgan fingerprint density at radius 3 is 2.44 bits per heavy atom. The van der Waals surface area contributed by atoms with Gasteiger partial charge in [0.2, 0.25) is 0 Å². The highest BCUT2D eigenvalue weighted by Gasteiger charge is 2.23. The summed E-state index contributed by atoms with van der Waals surface area (Å²) in [5.74, 6) is -2.99. The second-order valence-corrected chi connectivity index (χ2v) is 5.78. The fraction of sp³-hybridized carbons (Fsp3) is 0.105. The zero-order chi connectivity index (χ0) is 19.6. The van der Waals surface area contributed by atoms with Crippen molar-refractivity contribution in [2.75, 3.05) is 6.54 Å². The molecule has 2 aromatic carbocycles. The summed E-state index contributed by atoms with van der Waals surface area (Å²) in [4.78, 5) is 35.3. The fourth-order valence-electron chi connectivity index (χ4n) is 2.81. The molecule has 5 N–H and O–H groups in total. The Hall–Kier alpha value is -3.65. The van der Waals surface area contributed by atoms with Gasteiger partial charge >= 0.3 is 11.6 Å². The maximum atomic E-state index is 12.5. The Balaban J connectivity index is 2.27. The molecule has 1 heterocycles. The van der Waals surface area contributed by atoms with E-state index in [1.54, 1.807) is 24.3 Å². The van der Waals surface area contributed by atoms with Crippen molar-refractivity contribution in [3.8, 4) is 17.1 Å². The normalized spacial score (nSPS) is 10.7. The lowest BCUT2D eigenvalue weighted by atomic mass is 9.95. The number of nitrogens with one attached hydrogen (secondary N) is 1. The standard InChI is InChI=1S/C19H16N2O6/c20-8-10-4-6-11(7-5-10)12-2-1-3-13-15(12)16(19(26)27-18(13)25)17(24)21-9-14(22)23/h1-7,26H,8-9,20H2,(H,21,24)(H,22,23). The number of hydrogen-bond donors (Lipinski definition) is 4. The van der Waals surface area contributed by atoms with Crippen LogP contribution in [0.1, 0.15) is 15.9 Å². The van der Waals surface area contributed by atoms with Crippen molar-refractivity contribution in [2.24, 2.45) is 5.73 Å². The molecule has 8 heteroatoms. The lowest BCUT2D eigenvalue weighted by Gasteiger charge is -2.12. The highest BCUT2D eigenvalue weighted by atomic mass is 16.5. The molecule has 3 rings (SSSR count). The van der Waals surface area contributed by atoms with Crippen LogP contribution in [0.5, 0.6) is 5.95 Å². The summed E-state index contributed by atoms with van der Waals surface area (Å²) < 4.78 is 4.75. The number of benzene rings is 2. The molecule has 0 atom stereocenters. The van der Waals surface area contributed by atoms with Gasteiger partial charge in [-0.1, -0.05) is 36.4 Å². The van der Waals surface area contributed by atoms with Gasteiger partial charge in [-0.25, -0.2) is 4.79 Å². The van der Waals surface area contributed by atoms with Crippen LogP contribution in [0.4, 0.5) is 0 Å². The molecule has 0 aliphatic heterocycles. The molecule has 8 nitrogen and oxygen atoms in total. The fourth-order valence-corrected chi connectivity index (χ4v) is 2.81. The average Bonchev–Trinajstić information content (AvgIpc) is 2.66. The lowest BCUT2D eigenvalue weighted by molar-refractivity contribution is -0.135. The number of amides is 1. The van der Waals surface area contributed by atoms with Gasteiger partial charge < -0.3 is 25.7 Å². The molecule has 1 aromatic heterocycles. The number of carboxylic acid groups (broad SMARTS) is 1. The quantitative estimate of drug-likeness (QED) is 0.533. The van der Waals surface area contributed by atoms with Gasteiger partial charge in [-0.15, -0.1) is 0 Å². The molecule has 0 radical (unpaired) electrons. The van der Waals surface area contributed by atoms with E-state index >= 15 is 0 Å². The van der Waals surface area contributed by atoms with Crippen LogP contribution in [0, 0.1) is 0 Å². The van der Waals surface area contributed by atoms with Gasteiger partial charge in [-0.2, -0.15) is 0 Å². The van der Waals surface area contributed by atoms with E-state index in [0.29, 0.717) is 17.7 Å². The molecule has 0 aliphatic carbocycles. The lowest BCUT2D eigenvalue weighted by Crippen LogP contribution is -2.29. The largest absolute Gasteiger partial charge is 0.480 e. The number of hydrogen-bond acceptors (Lipinski definition) is 6. The monoisotopic (exact) mass is 368 g/mol. The second-order valence-electron chi connectivity index (χ2n) is 5.78. The van der Waals surface area contributed by atoms with E-state index in [9.17, 15) is 19.5 Å². The van der Waals surface area contributed by atoms with Crippen molar-refractivity contribution in [1.82, 2.24) is 5.32 Å². The maximum Gasteiger partial charge on any atom is 0.346 e. The van der Waals surface area contributed by atoms with Crippen molar-refractivity contribution < 1.29 is 24.2 Å². The van der Waals surface area contributed by atoms with Crippen LogP contribution in [0.2, 0.25) is 0 Å². The van der Waals surface area contributed by atoms with Gasteiger partial charge in [0, 0.05) is 11.9 Å². The Morgan fingerprint density at radius 2 is 1.81 bits per heavy atom. The van der Waals surface area contributed by atoms with Gasteiger partial charge in [-0.05, 0) is 22.8 Å². The molecular weight excluding hydrogens is 352 g/mol. The average molecular weight is 368 g/mol. The minimum absolute atomic E-state index is 0.0914. The summed E-state index contributed by atoms with van der Waals surface area (Å²) in [6.45, 7) is -0.282. The number of carbonyl (C=O) groups excluding carboxylic acids is 1. The van der Waals surface area contributed by atoms with Crippen molar-refractivity contribution in [2.45, 2.75) is 6.54 Å². The topological polar surface area (TPSA) is 143 Å². The van der Waals surface area contributed by atoms with Crippen molar-refractivity contribution in [3.63, 3.8) is 0 Å². The second kappa shape index (κ2) is 7.30. The number of aromatic hydroxyl groups is 1. The number of carbonyl (C=O) groups is 2. The molecule has 0 aliphatic rings. The smallest absolute Gasteiger partial charge is 0.346 e. The first-order valence-electron chi connectivity index (χ1n) is 8.00. The molecular formula is C19H16N2O6. The molecule has 138 valence electrons. The Morgan fingerprint density at radius 1 is 1.11 bits per heavy atom. The molecule has 0 spiro atoms. The number of aliphatic carboxylic acids is 1. The third-order valence-electron chi connectivity index (χ3n) is 4.07. The minimum atomic E-state index is -1.25. The molecule has 1 amide bonds. The van der Waals surface area contributed by atoms with Crippen LogP contribution in [-0.4, -0.2) is 28.6 Å². The summed E-state index contributed by atoms with van der Waals surface area (Å²) in [6.07, 6.45) is 0. The van der Waals surface area contributed by atoms with E-state index in [4.69, 9.17) is 15.3 Å². The van der Waals surface area contributed by atoms with E-state index in [1.165, 1.54) is 6.07 Å². The molecule has 0 saturated carbocycles. The first-order valence-corrected chi connectivity index (χ1v) is 8.00. The molecule has 3 aromatic rings. The number of rotatable bonds is 5. The zero-order valence-electron chi connectivity index (χ0n) is 14.1. The van der Waals surface area contributed by atoms with Crippen LogP contribution in [0.3, 0.4) is 0 Å². The highest BCUT2D eigenvalue weighted by molar-refractivity contribution is 6.13. The Bertz CT molecular complexity index is 1090. The van der Waals surface area contributed by atoms with Crippen LogP contribution in [-0.2, 0) is 11.3 Å². The van der Waals surface area contributed by atoms with Crippen molar-refractivity contribution >= 4 is 22.6 Å². The third-order valence-corrected chi connectivity index (χ3v) is 4.07. The summed E-state index contributed by atoms with van der Waals surface area (Å²) in [7, 11) is 0. The first kappa shape index (κ1) is 18.2. The summed E-state index contributed by atoms with van der Waals surface area (Å²) >= 11 is 0. The van der Waals surface area contributed by atoms with Gasteiger partial charge in [-0.3, -0.25) is 9.59 Å². The first-order chi connectivity index (χ1) is 12.9. The number of fused-ring (bicyclic) bond motifs is 1. The zero-order valence-corrected chi connectivity index (χ0v) is 14.1. The van der Waals surface area contributed by atoms with E-state index in [0.717, 1.165) is 5.56 Å². The van der Waals surface area contributed by atoms with Gasteiger partial charge in [0.1, 0.15) is 12.1 Å².